The maximum Gasteiger partial charge on any atom is 0.228 e. The van der Waals surface area contributed by atoms with Crippen LogP contribution >= 0.6 is 11.3 Å². The normalized spacial score (nSPS) is 19.8. The molecule has 0 aliphatic carbocycles. The molecular formula is C11H17N3O2S. The Bertz CT molecular complexity index is 394. The van der Waals surface area contributed by atoms with Gasteiger partial charge in [-0.05, 0) is 18.8 Å². The van der Waals surface area contributed by atoms with Crippen molar-refractivity contribution in [3.8, 4) is 0 Å². The van der Waals surface area contributed by atoms with Crippen molar-refractivity contribution in [3.63, 3.8) is 0 Å². The largest absolute Gasteiger partial charge is 0.396 e. The number of hydrogen-bond acceptors (Lipinski definition) is 5. The Morgan fingerprint density at radius 2 is 2.53 bits per heavy atom. The van der Waals surface area contributed by atoms with Gasteiger partial charge in [0.15, 0.2) is 5.13 Å². The van der Waals surface area contributed by atoms with Crippen LogP contribution in [0.2, 0.25) is 0 Å². The summed E-state index contributed by atoms with van der Waals surface area (Å²) in [6, 6.07) is 0. The Morgan fingerprint density at radius 3 is 3.18 bits per heavy atom. The summed E-state index contributed by atoms with van der Waals surface area (Å²) in [5, 5.41) is 11.2. The van der Waals surface area contributed by atoms with Gasteiger partial charge in [0.1, 0.15) is 0 Å². The number of nitrogens with two attached hydrogens (primary N) is 1. The van der Waals surface area contributed by atoms with Crippen molar-refractivity contribution < 1.29 is 9.90 Å². The van der Waals surface area contributed by atoms with Crippen LogP contribution in [0.1, 0.15) is 18.5 Å². The zero-order valence-electron chi connectivity index (χ0n) is 9.63. The Morgan fingerprint density at radius 1 is 1.71 bits per heavy atom. The topological polar surface area (TPSA) is 79.5 Å². The standard InChI is InChI=1S/C11H17N3O2S/c12-11-13-9(7-17-11)5-10(16)14-3-1-8(6-14)2-4-15/h7-8,15H,1-6H2,(H2,12,13). The molecule has 17 heavy (non-hydrogen) atoms. The van der Waals surface area contributed by atoms with Gasteiger partial charge in [-0.3, -0.25) is 4.79 Å². The molecule has 1 aromatic rings. The molecule has 5 nitrogen and oxygen atoms in total. The van der Waals surface area contributed by atoms with Crippen molar-refractivity contribution in [1.82, 2.24) is 9.88 Å². The summed E-state index contributed by atoms with van der Waals surface area (Å²) in [6.07, 6.45) is 2.11. The van der Waals surface area contributed by atoms with Crippen LogP contribution in [0.5, 0.6) is 0 Å². The number of thiazole rings is 1. The lowest BCUT2D eigenvalue weighted by molar-refractivity contribution is -0.129. The van der Waals surface area contributed by atoms with E-state index in [1.54, 1.807) is 0 Å². The highest BCUT2D eigenvalue weighted by molar-refractivity contribution is 7.13. The summed E-state index contributed by atoms with van der Waals surface area (Å²) in [4.78, 5) is 17.9. The molecule has 1 aromatic heterocycles. The number of carbonyl (C=O) groups is 1. The number of rotatable bonds is 4. The smallest absolute Gasteiger partial charge is 0.228 e. The molecule has 0 spiro atoms. The van der Waals surface area contributed by atoms with E-state index in [9.17, 15) is 4.79 Å². The summed E-state index contributed by atoms with van der Waals surface area (Å²) in [5.74, 6) is 0.556. The van der Waals surface area contributed by atoms with Crippen LogP contribution in [0, 0.1) is 5.92 Å². The molecule has 0 saturated carbocycles. The molecule has 0 radical (unpaired) electrons. The van der Waals surface area contributed by atoms with Crippen molar-refractivity contribution in [3.05, 3.63) is 11.1 Å². The van der Waals surface area contributed by atoms with Crippen molar-refractivity contribution in [2.24, 2.45) is 5.92 Å². The Labute approximate surface area is 104 Å². The van der Waals surface area contributed by atoms with Gasteiger partial charge in [-0.2, -0.15) is 0 Å². The molecule has 1 aliphatic heterocycles. The predicted molar refractivity (Wildman–Crippen MR) is 66.6 cm³/mol. The molecule has 1 atom stereocenters. The maximum absolute atomic E-state index is 12.0. The first-order chi connectivity index (χ1) is 8.19. The molecule has 0 aromatic carbocycles. The molecule has 1 aliphatic rings. The van der Waals surface area contributed by atoms with Crippen LogP contribution < -0.4 is 5.73 Å². The zero-order chi connectivity index (χ0) is 12.3. The number of aliphatic hydroxyl groups excluding tert-OH is 1. The number of carbonyl (C=O) groups excluding carboxylic acids is 1. The third-order valence-corrected chi connectivity index (χ3v) is 3.80. The Kier molecular flexibility index (Phi) is 3.96. The van der Waals surface area contributed by atoms with Crippen LogP contribution in [-0.2, 0) is 11.2 Å². The van der Waals surface area contributed by atoms with Gasteiger partial charge in [0.2, 0.25) is 5.91 Å². The van der Waals surface area contributed by atoms with E-state index in [1.165, 1.54) is 11.3 Å². The van der Waals surface area contributed by atoms with Gasteiger partial charge in [0.05, 0.1) is 12.1 Å². The average Bonchev–Trinajstić information content (AvgIpc) is 2.88. The van der Waals surface area contributed by atoms with E-state index in [2.05, 4.69) is 4.98 Å². The van der Waals surface area contributed by atoms with E-state index in [0.29, 0.717) is 17.5 Å². The number of amides is 1. The molecule has 1 amide bonds. The molecule has 6 heteroatoms. The second-order valence-corrected chi connectivity index (χ2v) is 5.25. The van der Waals surface area contributed by atoms with Crippen molar-refractivity contribution >= 4 is 22.4 Å². The molecule has 0 bridgehead atoms. The van der Waals surface area contributed by atoms with Gasteiger partial charge >= 0.3 is 0 Å². The van der Waals surface area contributed by atoms with Crippen LogP contribution in [0.4, 0.5) is 5.13 Å². The van der Waals surface area contributed by atoms with Crippen molar-refractivity contribution in [2.75, 3.05) is 25.4 Å². The van der Waals surface area contributed by atoms with Crippen LogP contribution in [0.15, 0.2) is 5.38 Å². The summed E-state index contributed by atoms with van der Waals surface area (Å²) < 4.78 is 0. The minimum atomic E-state index is 0.107. The van der Waals surface area contributed by atoms with E-state index >= 15 is 0 Å². The summed E-state index contributed by atoms with van der Waals surface area (Å²) in [7, 11) is 0. The fourth-order valence-corrected chi connectivity index (χ4v) is 2.71. The van der Waals surface area contributed by atoms with Crippen LogP contribution in [0.25, 0.3) is 0 Å². The number of likely N-dealkylation sites (tertiary alicyclic amines) is 1. The Hall–Kier alpha value is -1.14. The fourth-order valence-electron chi connectivity index (χ4n) is 2.15. The predicted octanol–water partition coefficient (Wildman–Crippen LogP) is 0.499. The van der Waals surface area contributed by atoms with E-state index in [0.717, 1.165) is 31.6 Å². The SMILES string of the molecule is Nc1nc(CC(=O)N2CCC(CCO)C2)cs1. The molecule has 3 N–H and O–H groups in total. The second kappa shape index (κ2) is 5.46. The second-order valence-electron chi connectivity index (χ2n) is 4.36. The molecule has 1 unspecified atom stereocenters. The minimum absolute atomic E-state index is 0.107. The van der Waals surface area contributed by atoms with E-state index in [4.69, 9.17) is 10.8 Å². The number of anilines is 1. The van der Waals surface area contributed by atoms with E-state index < -0.39 is 0 Å². The lowest BCUT2D eigenvalue weighted by Gasteiger charge is -2.15. The third-order valence-electron chi connectivity index (χ3n) is 3.08. The van der Waals surface area contributed by atoms with Crippen molar-refractivity contribution in [2.45, 2.75) is 19.3 Å². The first-order valence-electron chi connectivity index (χ1n) is 5.77. The van der Waals surface area contributed by atoms with Gasteiger partial charge in [-0.25, -0.2) is 4.98 Å². The monoisotopic (exact) mass is 255 g/mol. The molecule has 94 valence electrons. The average molecular weight is 255 g/mol. The van der Waals surface area contributed by atoms with Crippen LogP contribution in [0.3, 0.4) is 0 Å². The van der Waals surface area contributed by atoms with Gasteiger partial charge in [-0.1, -0.05) is 0 Å². The zero-order valence-corrected chi connectivity index (χ0v) is 10.4. The van der Waals surface area contributed by atoms with Crippen molar-refractivity contribution in [1.29, 1.82) is 0 Å². The quantitative estimate of drug-likeness (QED) is 0.821. The van der Waals surface area contributed by atoms with E-state index in [1.807, 2.05) is 10.3 Å². The summed E-state index contributed by atoms with van der Waals surface area (Å²) >= 11 is 1.36. The van der Waals surface area contributed by atoms with Gasteiger partial charge in [0, 0.05) is 25.1 Å². The first-order valence-corrected chi connectivity index (χ1v) is 6.65. The van der Waals surface area contributed by atoms with Crippen LogP contribution in [-0.4, -0.2) is 40.6 Å². The lowest BCUT2D eigenvalue weighted by atomic mass is 10.1. The number of nitrogens with zero attached hydrogens (tertiary/aromatic N) is 2. The number of aliphatic hydroxyl groups is 1. The summed E-state index contributed by atoms with van der Waals surface area (Å²) in [5.41, 5.74) is 6.28. The molecule has 1 saturated heterocycles. The number of aromatic nitrogens is 1. The third kappa shape index (κ3) is 3.17. The molecule has 2 rings (SSSR count). The number of hydrogen-bond donors (Lipinski definition) is 2. The van der Waals surface area contributed by atoms with E-state index in [-0.39, 0.29) is 12.5 Å². The lowest BCUT2D eigenvalue weighted by Crippen LogP contribution is -2.30. The highest BCUT2D eigenvalue weighted by atomic mass is 32.1. The molecule has 2 heterocycles. The Balaban J connectivity index is 1.85. The maximum atomic E-state index is 12.0. The first kappa shape index (κ1) is 12.3. The minimum Gasteiger partial charge on any atom is -0.396 e. The van der Waals surface area contributed by atoms with Gasteiger partial charge in [-0.15, -0.1) is 11.3 Å². The highest BCUT2D eigenvalue weighted by Gasteiger charge is 2.25. The molecule has 1 fully saturated rings. The van der Waals surface area contributed by atoms with Gasteiger partial charge in [0.25, 0.3) is 0 Å². The molecular weight excluding hydrogens is 238 g/mol. The fraction of sp³-hybridized carbons (Fsp3) is 0.636. The highest BCUT2D eigenvalue weighted by Crippen LogP contribution is 2.20. The van der Waals surface area contributed by atoms with Gasteiger partial charge < -0.3 is 15.7 Å². The summed E-state index contributed by atoms with van der Waals surface area (Å²) in [6.45, 7) is 1.76. The number of nitrogen functional groups attached to an aromatic ring is 1.